The summed E-state index contributed by atoms with van der Waals surface area (Å²) in [5.41, 5.74) is -3.17. The van der Waals surface area contributed by atoms with Crippen molar-refractivity contribution < 1.29 is 36.9 Å². The zero-order valence-electron chi connectivity index (χ0n) is 19.1. The molecule has 32 heavy (non-hydrogen) atoms. The van der Waals surface area contributed by atoms with Crippen molar-refractivity contribution in [3.63, 3.8) is 0 Å². The maximum atomic E-state index is 13.7. The fourth-order valence-electron chi connectivity index (χ4n) is 2.53. The Morgan fingerprint density at radius 3 is 2.44 bits per heavy atom. The number of aromatic nitrogens is 2. The summed E-state index contributed by atoms with van der Waals surface area (Å²) in [6.07, 6.45) is -3.98. The zero-order valence-corrected chi connectivity index (χ0v) is 20.1. The number of hydrogen-bond acceptors (Lipinski definition) is 8. The maximum absolute atomic E-state index is 13.7. The highest BCUT2D eigenvalue weighted by atomic mass is 28.3. The predicted octanol–water partition coefficient (Wildman–Crippen LogP) is 2.58. The van der Waals surface area contributed by atoms with E-state index in [0.717, 1.165) is 12.2 Å². The number of hydrogen-bond donors (Lipinski definition) is 1. The van der Waals surface area contributed by atoms with E-state index >= 15 is 0 Å². The van der Waals surface area contributed by atoms with E-state index in [0.29, 0.717) is 11.3 Å². The first-order chi connectivity index (χ1) is 14.9. The molecule has 0 aliphatic carbocycles. The van der Waals surface area contributed by atoms with Crippen LogP contribution in [-0.4, -0.2) is 70.5 Å². The van der Waals surface area contributed by atoms with E-state index in [4.69, 9.17) is 14.2 Å². The first-order valence-electron chi connectivity index (χ1n) is 10.0. The van der Waals surface area contributed by atoms with Crippen molar-refractivity contribution >= 4 is 19.7 Å². The van der Waals surface area contributed by atoms with Gasteiger partial charge in [0.15, 0.2) is 0 Å². The molecule has 0 radical (unpaired) electrons. The molecule has 0 unspecified atom stereocenters. The number of ether oxygens (including phenoxy) is 4. The summed E-state index contributed by atoms with van der Waals surface area (Å²) in [6, 6.07) is 0.0890. The zero-order chi connectivity index (χ0) is 24.4. The molecule has 1 aromatic rings. The Balaban J connectivity index is 2.93. The lowest BCUT2D eigenvalue weighted by Crippen LogP contribution is -2.36. The third-order valence-corrected chi connectivity index (χ3v) is 5.97. The maximum Gasteiger partial charge on any atom is 0.423 e. The van der Waals surface area contributed by atoms with E-state index in [2.05, 4.69) is 34.8 Å². The highest BCUT2D eigenvalue weighted by Crippen LogP contribution is 2.32. The molecule has 0 bridgehead atoms. The van der Waals surface area contributed by atoms with Gasteiger partial charge in [-0.2, -0.15) is 18.3 Å². The third kappa shape index (κ3) is 10.1. The van der Waals surface area contributed by atoms with Crippen LogP contribution in [-0.2, 0) is 36.6 Å². The van der Waals surface area contributed by atoms with Crippen LogP contribution >= 0.6 is 0 Å². The van der Waals surface area contributed by atoms with Gasteiger partial charge in [0.1, 0.15) is 12.3 Å². The van der Waals surface area contributed by atoms with Gasteiger partial charge < -0.3 is 24.3 Å². The van der Waals surface area contributed by atoms with Crippen molar-refractivity contribution in [1.82, 2.24) is 9.78 Å². The van der Waals surface area contributed by atoms with Crippen molar-refractivity contribution in [2.75, 3.05) is 46.0 Å². The Morgan fingerprint density at radius 2 is 1.88 bits per heavy atom. The molecule has 0 aromatic carbocycles. The molecule has 1 heterocycles. The second-order valence-corrected chi connectivity index (χ2v) is 13.9. The van der Waals surface area contributed by atoms with E-state index in [-0.39, 0.29) is 33.0 Å². The summed E-state index contributed by atoms with van der Waals surface area (Å²) in [5, 5.41) is 6.43. The molecule has 13 heteroatoms. The van der Waals surface area contributed by atoms with Crippen molar-refractivity contribution in [3.05, 3.63) is 22.1 Å². The van der Waals surface area contributed by atoms with Crippen molar-refractivity contribution in [2.45, 2.75) is 51.1 Å². The fraction of sp³-hybridized carbons (Fsp3) is 0.737. The summed E-state index contributed by atoms with van der Waals surface area (Å²) < 4.78 is 61.9. The molecule has 1 N–H and O–H groups in total. The lowest BCUT2D eigenvalue weighted by molar-refractivity contribution is -0.142. The monoisotopic (exact) mass is 483 g/mol. The molecule has 0 fully saturated rings. The van der Waals surface area contributed by atoms with E-state index in [1.165, 1.54) is 14.2 Å². The van der Waals surface area contributed by atoms with E-state index in [1.54, 1.807) is 0 Å². The predicted molar refractivity (Wildman–Crippen MR) is 114 cm³/mol. The van der Waals surface area contributed by atoms with Gasteiger partial charge in [-0.05, 0) is 6.04 Å². The van der Waals surface area contributed by atoms with E-state index < -0.39 is 43.1 Å². The van der Waals surface area contributed by atoms with Gasteiger partial charge in [-0.15, -0.1) is 0 Å². The summed E-state index contributed by atoms with van der Waals surface area (Å²) in [5.74, 6) is -0.472. The highest BCUT2D eigenvalue weighted by Gasteiger charge is 2.38. The van der Waals surface area contributed by atoms with Crippen molar-refractivity contribution in [1.29, 1.82) is 0 Å². The summed E-state index contributed by atoms with van der Waals surface area (Å²) in [4.78, 5) is 23.6. The lowest BCUT2D eigenvalue weighted by atomic mass is 10.2. The van der Waals surface area contributed by atoms with Crippen LogP contribution in [0.3, 0.4) is 0 Å². The minimum atomic E-state index is -4.91. The number of esters is 1. The summed E-state index contributed by atoms with van der Waals surface area (Å²) >= 11 is 0. The smallest absolute Gasteiger partial charge is 0.423 e. The minimum Gasteiger partial charge on any atom is -0.469 e. The number of anilines is 1. The number of halogens is 3. The first kappa shape index (κ1) is 28.1. The molecule has 1 rings (SSSR count). The van der Waals surface area contributed by atoms with Gasteiger partial charge in [0, 0.05) is 21.8 Å². The van der Waals surface area contributed by atoms with Crippen LogP contribution < -0.4 is 10.9 Å². The fourth-order valence-corrected chi connectivity index (χ4v) is 3.29. The number of alkyl halides is 3. The topological polar surface area (TPSA) is 101 Å². The molecule has 0 amide bonds. The molecule has 1 atom stereocenters. The largest absolute Gasteiger partial charge is 0.469 e. The average molecular weight is 484 g/mol. The first-order valence-corrected chi connectivity index (χ1v) is 13.7. The normalized spacial score (nSPS) is 13.1. The Labute approximate surface area is 186 Å². The van der Waals surface area contributed by atoms with E-state index in [1.807, 2.05) is 0 Å². The molecular weight excluding hydrogens is 451 g/mol. The second kappa shape index (κ2) is 12.9. The number of rotatable bonds is 14. The molecule has 9 nitrogen and oxygen atoms in total. The van der Waals surface area contributed by atoms with Crippen LogP contribution in [0.5, 0.6) is 0 Å². The van der Waals surface area contributed by atoms with Gasteiger partial charge in [0.2, 0.25) is 0 Å². The van der Waals surface area contributed by atoms with E-state index in [9.17, 15) is 22.8 Å². The Bertz CT molecular complexity index is 783. The second-order valence-electron chi connectivity index (χ2n) is 8.28. The summed E-state index contributed by atoms with van der Waals surface area (Å²) in [7, 11) is 1.24. The van der Waals surface area contributed by atoms with Gasteiger partial charge >= 0.3 is 12.1 Å². The summed E-state index contributed by atoms with van der Waals surface area (Å²) in [6.45, 7) is 6.34. The average Bonchev–Trinajstić information content (AvgIpc) is 2.68. The number of nitrogens with zero attached hydrogens (tertiary/aromatic N) is 2. The molecule has 0 saturated heterocycles. The van der Waals surface area contributed by atoms with Gasteiger partial charge in [0.25, 0.3) is 5.56 Å². The molecule has 0 saturated carbocycles. The van der Waals surface area contributed by atoms with Crippen molar-refractivity contribution in [3.8, 4) is 0 Å². The van der Waals surface area contributed by atoms with Gasteiger partial charge in [0.05, 0.1) is 51.3 Å². The quantitative estimate of drug-likeness (QED) is 0.245. The Morgan fingerprint density at radius 1 is 1.19 bits per heavy atom. The van der Waals surface area contributed by atoms with Crippen LogP contribution in [0.25, 0.3) is 0 Å². The number of carbonyl (C=O) groups is 1. The van der Waals surface area contributed by atoms with Crippen LogP contribution in [0.4, 0.5) is 18.9 Å². The number of nitrogens with one attached hydrogen (secondary N) is 1. The molecule has 184 valence electrons. The minimum absolute atomic E-state index is 0.000688. The van der Waals surface area contributed by atoms with Gasteiger partial charge in [-0.3, -0.25) is 9.59 Å². The van der Waals surface area contributed by atoms with Crippen molar-refractivity contribution in [2.24, 2.45) is 0 Å². The van der Waals surface area contributed by atoms with Gasteiger partial charge in [-0.1, -0.05) is 19.6 Å². The highest BCUT2D eigenvalue weighted by molar-refractivity contribution is 6.76. The molecule has 1 aromatic heterocycles. The standard InChI is InChI=1S/C19H32F3N3O6Si/c1-28-11-14(12-30-7-6-16(26)29-2)24-15-10-23-25(13-31-8-9-32(3,4)5)18(27)17(15)19(20,21)22/h10,14,24H,6-9,11-13H2,1-5H3/t14-/m1/s1. The number of carbonyl (C=O) groups excluding carboxylic acids is 1. The van der Waals surface area contributed by atoms with Crippen LogP contribution in [0.1, 0.15) is 12.0 Å². The van der Waals surface area contributed by atoms with Crippen LogP contribution in [0, 0.1) is 0 Å². The molecule has 0 aliphatic rings. The third-order valence-electron chi connectivity index (χ3n) is 4.26. The Hall–Kier alpha value is -1.96. The Kier molecular flexibility index (Phi) is 11.3. The van der Waals surface area contributed by atoms with Crippen LogP contribution in [0.2, 0.25) is 25.7 Å². The SMILES string of the molecule is COC[C@H](COCCC(=O)OC)Nc1cnn(COCC[Si](C)(C)C)c(=O)c1C(F)(F)F. The lowest BCUT2D eigenvalue weighted by Gasteiger charge is -2.22. The molecular formula is C19H32F3N3O6Si. The number of methoxy groups -OCH3 is 2. The van der Waals surface area contributed by atoms with Crippen LogP contribution in [0.15, 0.2) is 11.0 Å². The van der Waals surface area contributed by atoms with Gasteiger partial charge in [-0.25, -0.2) is 4.68 Å². The molecule has 0 spiro atoms. The molecule has 0 aliphatic heterocycles.